The summed E-state index contributed by atoms with van der Waals surface area (Å²) in [7, 11) is -3.16. The van der Waals surface area contributed by atoms with Crippen molar-refractivity contribution < 1.29 is 12.9 Å². The molecule has 10 heteroatoms. The molecule has 3 rings (SSSR count). The second-order valence-corrected chi connectivity index (χ2v) is 9.05. The van der Waals surface area contributed by atoms with Crippen molar-refractivity contribution in [2.75, 3.05) is 52.1 Å². The molecule has 152 valence electrons. The lowest BCUT2D eigenvalue weighted by Crippen LogP contribution is -2.52. The summed E-state index contributed by atoms with van der Waals surface area (Å²) < 4.78 is 30.3. The molecule has 27 heavy (non-hydrogen) atoms. The zero-order valence-corrected chi connectivity index (χ0v) is 17.0. The van der Waals surface area contributed by atoms with Gasteiger partial charge in [-0.1, -0.05) is 5.16 Å². The number of hydrogen-bond acceptors (Lipinski definition) is 6. The molecule has 2 fully saturated rings. The van der Waals surface area contributed by atoms with E-state index in [2.05, 4.69) is 27.2 Å². The van der Waals surface area contributed by atoms with Gasteiger partial charge in [-0.2, -0.15) is 4.31 Å². The summed E-state index contributed by atoms with van der Waals surface area (Å²) in [6.45, 7) is 8.36. The van der Waals surface area contributed by atoms with Crippen LogP contribution < -0.4 is 5.32 Å². The van der Waals surface area contributed by atoms with E-state index in [0.717, 1.165) is 63.8 Å². The van der Waals surface area contributed by atoms with E-state index in [1.165, 1.54) is 6.26 Å². The van der Waals surface area contributed by atoms with Gasteiger partial charge >= 0.3 is 0 Å². The van der Waals surface area contributed by atoms with Crippen molar-refractivity contribution in [3.8, 4) is 0 Å². The minimum Gasteiger partial charge on any atom is -0.364 e. The number of hydrogen-bond donors (Lipinski definition) is 1. The molecule has 0 unspecified atom stereocenters. The van der Waals surface area contributed by atoms with Crippen molar-refractivity contribution in [3.05, 3.63) is 18.0 Å². The van der Waals surface area contributed by atoms with Gasteiger partial charge in [0.2, 0.25) is 10.0 Å². The molecule has 2 aliphatic rings. The quantitative estimate of drug-likeness (QED) is 0.540. The van der Waals surface area contributed by atoms with Gasteiger partial charge in [-0.05, 0) is 19.8 Å². The first kappa shape index (κ1) is 20.1. The molecule has 1 atom stereocenters. The Kier molecular flexibility index (Phi) is 6.72. The van der Waals surface area contributed by atoms with Crippen LogP contribution in [0.4, 0.5) is 0 Å². The molecule has 0 radical (unpaired) electrons. The Bertz CT molecular complexity index is 713. The molecule has 9 nitrogen and oxygen atoms in total. The summed E-state index contributed by atoms with van der Waals surface area (Å²) in [6.07, 6.45) is 4.67. The van der Waals surface area contributed by atoms with E-state index in [1.807, 2.05) is 6.07 Å². The summed E-state index contributed by atoms with van der Waals surface area (Å²) in [5.74, 6) is 0.874. The molecule has 1 N–H and O–H groups in total. The minimum absolute atomic E-state index is 0.0258. The molecule has 1 aromatic rings. The maximum Gasteiger partial charge on any atom is 0.211 e. The Hall–Kier alpha value is -1.65. The predicted octanol–water partition coefficient (Wildman–Crippen LogP) is 0.182. The number of aromatic nitrogens is 1. The molecule has 0 saturated carbocycles. The molecular formula is C17H30N6O3S. The summed E-state index contributed by atoms with van der Waals surface area (Å²) in [6, 6.07) is 1.87. The zero-order valence-electron chi connectivity index (χ0n) is 16.2. The average molecular weight is 399 g/mol. The molecule has 2 saturated heterocycles. The van der Waals surface area contributed by atoms with Crippen LogP contribution in [0.3, 0.4) is 0 Å². The van der Waals surface area contributed by atoms with Crippen LogP contribution in [0.1, 0.15) is 25.5 Å². The Morgan fingerprint density at radius 2 is 2.11 bits per heavy atom. The molecule has 0 spiro atoms. The summed E-state index contributed by atoms with van der Waals surface area (Å²) >= 11 is 0. The third kappa shape index (κ3) is 5.43. The van der Waals surface area contributed by atoms with Crippen molar-refractivity contribution in [1.29, 1.82) is 0 Å². The fourth-order valence-electron chi connectivity index (χ4n) is 3.71. The first-order chi connectivity index (χ1) is 13.0. The first-order valence-corrected chi connectivity index (χ1v) is 11.4. The Morgan fingerprint density at radius 1 is 1.33 bits per heavy atom. The van der Waals surface area contributed by atoms with Crippen LogP contribution in [0, 0.1) is 0 Å². The van der Waals surface area contributed by atoms with E-state index in [4.69, 9.17) is 9.52 Å². The van der Waals surface area contributed by atoms with Crippen LogP contribution in [0.2, 0.25) is 0 Å². The van der Waals surface area contributed by atoms with E-state index in [-0.39, 0.29) is 6.04 Å². The Balaban J connectivity index is 1.56. The minimum atomic E-state index is -3.16. The Morgan fingerprint density at radius 3 is 2.74 bits per heavy atom. The molecule has 0 aliphatic carbocycles. The number of piperazine rings is 1. The fraction of sp³-hybridized carbons (Fsp3) is 0.765. The number of sulfonamides is 1. The monoisotopic (exact) mass is 398 g/mol. The van der Waals surface area contributed by atoms with Crippen molar-refractivity contribution in [1.82, 2.24) is 24.6 Å². The highest BCUT2D eigenvalue weighted by molar-refractivity contribution is 7.88. The van der Waals surface area contributed by atoms with Crippen molar-refractivity contribution in [3.63, 3.8) is 0 Å². The predicted molar refractivity (Wildman–Crippen MR) is 104 cm³/mol. The SMILES string of the molecule is CCNC(=NC[C@H]1CCCN1S(C)(=O)=O)N1CCN(Cc2ccon2)CC1. The van der Waals surface area contributed by atoms with Crippen LogP contribution in [0.25, 0.3) is 0 Å². The largest absolute Gasteiger partial charge is 0.364 e. The van der Waals surface area contributed by atoms with Crippen molar-refractivity contribution in [2.45, 2.75) is 32.4 Å². The number of nitrogens with one attached hydrogen (secondary N) is 1. The van der Waals surface area contributed by atoms with Crippen LogP contribution in [0.15, 0.2) is 21.8 Å². The molecule has 3 heterocycles. The molecule has 2 aliphatic heterocycles. The lowest BCUT2D eigenvalue weighted by Gasteiger charge is -2.36. The highest BCUT2D eigenvalue weighted by Crippen LogP contribution is 2.20. The molecule has 1 aromatic heterocycles. The summed E-state index contributed by atoms with van der Waals surface area (Å²) in [5, 5.41) is 7.33. The topological polar surface area (TPSA) is 94.3 Å². The van der Waals surface area contributed by atoms with Gasteiger partial charge in [0.15, 0.2) is 5.96 Å². The van der Waals surface area contributed by atoms with E-state index in [1.54, 1.807) is 10.6 Å². The van der Waals surface area contributed by atoms with Gasteiger partial charge in [0.1, 0.15) is 6.26 Å². The average Bonchev–Trinajstić information content (AvgIpc) is 3.30. The van der Waals surface area contributed by atoms with Gasteiger partial charge in [0.25, 0.3) is 0 Å². The van der Waals surface area contributed by atoms with Crippen LogP contribution in [-0.4, -0.2) is 91.7 Å². The lowest BCUT2D eigenvalue weighted by atomic mass is 10.2. The van der Waals surface area contributed by atoms with Crippen molar-refractivity contribution >= 4 is 16.0 Å². The van der Waals surface area contributed by atoms with Gasteiger partial charge in [-0.3, -0.25) is 9.89 Å². The normalized spacial score (nSPS) is 23.1. The van der Waals surface area contributed by atoms with Gasteiger partial charge in [0.05, 0.1) is 18.5 Å². The van der Waals surface area contributed by atoms with Crippen molar-refractivity contribution in [2.24, 2.45) is 4.99 Å². The second kappa shape index (κ2) is 9.03. The number of guanidine groups is 1. The van der Waals surface area contributed by atoms with Gasteiger partial charge < -0.3 is 14.7 Å². The maximum absolute atomic E-state index is 11.9. The smallest absolute Gasteiger partial charge is 0.211 e. The third-order valence-electron chi connectivity index (χ3n) is 5.08. The standard InChI is InChI=1S/C17H30N6O3S/c1-3-18-17(19-13-16-5-4-7-23(16)27(2,24)25)22-10-8-21(9-11-22)14-15-6-12-26-20-15/h6,12,16H,3-5,7-11,13-14H2,1-2H3,(H,18,19)/t16-/m1/s1. The van der Waals surface area contributed by atoms with Gasteiger partial charge in [0, 0.05) is 57.9 Å². The van der Waals surface area contributed by atoms with Gasteiger partial charge in [-0.15, -0.1) is 0 Å². The first-order valence-electron chi connectivity index (χ1n) is 9.59. The van der Waals surface area contributed by atoms with Crippen LogP contribution in [0.5, 0.6) is 0 Å². The highest BCUT2D eigenvalue weighted by atomic mass is 32.2. The molecule has 0 bridgehead atoms. The van der Waals surface area contributed by atoms with Crippen LogP contribution in [-0.2, 0) is 16.6 Å². The van der Waals surface area contributed by atoms with E-state index < -0.39 is 10.0 Å². The lowest BCUT2D eigenvalue weighted by molar-refractivity contribution is 0.169. The van der Waals surface area contributed by atoms with E-state index in [0.29, 0.717) is 13.1 Å². The summed E-state index contributed by atoms with van der Waals surface area (Å²) in [5.41, 5.74) is 0.950. The second-order valence-electron chi connectivity index (χ2n) is 7.12. The number of rotatable bonds is 6. The third-order valence-corrected chi connectivity index (χ3v) is 6.42. The summed E-state index contributed by atoms with van der Waals surface area (Å²) in [4.78, 5) is 9.36. The molecule has 0 aromatic carbocycles. The van der Waals surface area contributed by atoms with Gasteiger partial charge in [-0.25, -0.2) is 8.42 Å². The zero-order chi connectivity index (χ0) is 19.3. The maximum atomic E-state index is 11.9. The highest BCUT2D eigenvalue weighted by Gasteiger charge is 2.31. The Labute approximate surface area is 161 Å². The fourth-order valence-corrected chi connectivity index (χ4v) is 4.89. The van der Waals surface area contributed by atoms with Crippen LogP contribution >= 0.6 is 0 Å². The number of nitrogens with zero attached hydrogens (tertiary/aromatic N) is 5. The van der Waals surface area contributed by atoms with E-state index in [9.17, 15) is 8.42 Å². The van der Waals surface area contributed by atoms with E-state index >= 15 is 0 Å². The number of aliphatic imine (C=N–C) groups is 1. The molecular weight excluding hydrogens is 368 g/mol. The molecule has 0 amide bonds.